The highest BCUT2D eigenvalue weighted by molar-refractivity contribution is 9.10. The molecule has 0 spiro atoms. The molecule has 3 heteroatoms. The lowest BCUT2D eigenvalue weighted by molar-refractivity contribution is 0.0865. The smallest absolute Gasteiger partial charge is 0.206 e. The van der Waals surface area contributed by atoms with E-state index in [9.17, 15) is 8.78 Å². The molecule has 76 valence electrons. The number of rotatable bonds is 2. The molecule has 1 atom stereocenters. The quantitative estimate of drug-likeness (QED) is 0.750. The summed E-state index contributed by atoms with van der Waals surface area (Å²) in [6, 6.07) is 7.21. The molecule has 0 aliphatic heterocycles. The Labute approximate surface area is 90.4 Å². The van der Waals surface area contributed by atoms with Gasteiger partial charge < -0.3 is 0 Å². The summed E-state index contributed by atoms with van der Waals surface area (Å²) in [6.45, 7) is 1.82. The first-order chi connectivity index (χ1) is 6.52. The minimum Gasteiger partial charge on any atom is -0.206 e. The minimum absolute atomic E-state index is 0.00185. The summed E-state index contributed by atoms with van der Waals surface area (Å²) in [5.41, 5.74) is -0.124. The zero-order chi connectivity index (χ0) is 10.4. The lowest BCUT2D eigenvalue weighted by atomic mass is 9.93. The Hall–Kier alpha value is -0.440. The molecule has 0 radical (unpaired) electrons. The Kier molecular flexibility index (Phi) is 2.18. The van der Waals surface area contributed by atoms with Crippen LogP contribution in [0.2, 0.25) is 0 Å². The number of hydrogen-bond acceptors (Lipinski definition) is 0. The molecule has 0 saturated heterocycles. The molecule has 0 N–H and O–H groups in total. The molecular weight excluding hydrogens is 250 g/mol. The van der Waals surface area contributed by atoms with Crippen molar-refractivity contribution in [2.75, 3.05) is 0 Å². The average molecular weight is 261 g/mol. The van der Waals surface area contributed by atoms with Crippen LogP contribution in [0.4, 0.5) is 8.78 Å². The number of alkyl halides is 2. The van der Waals surface area contributed by atoms with Gasteiger partial charge in [-0.2, -0.15) is 0 Å². The van der Waals surface area contributed by atoms with Crippen molar-refractivity contribution in [3.63, 3.8) is 0 Å². The van der Waals surface area contributed by atoms with Gasteiger partial charge in [-0.25, -0.2) is 8.78 Å². The SMILES string of the molecule is CCC1(c2ccc(Br)cc2)CC1(F)F. The highest BCUT2D eigenvalue weighted by Gasteiger charge is 2.70. The maximum Gasteiger partial charge on any atom is 0.258 e. The van der Waals surface area contributed by atoms with Gasteiger partial charge in [0.05, 0.1) is 5.41 Å². The Morgan fingerprint density at radius 2 is 1.79 bits per heavy atom. The van der Waals surface area contributed by atoms with Gasteiger partial charge in [0.2, 0.25) is 0 Å². The zero-order valence-electron chi connectivity index (χ0n) is 7.86. The third kappa shape index (κ3) is 1.29. The summed E-state index contributed by atoms with van der Waals surface area (Å²) in [4.78, 5) is 0. The lowest BCUT2D eigenvalue weighted by Crippen LogP contribution is -2.14. The predicted molar refractivity (Wildman–Crippen MR) is 55.7 cm³/mol. The third-order valence-electron chi connectivity index (χ3n) is 3.10. The summed E-state index contributed by atoms with van der Waals surface area (Å²) in [5.74, 6) is -2.50. The van der Waals surface area contributed by atoms with E-state index in [0.717, 1.165) is 10.0 Å². The van der Waals surface area contributed by atoms with Crippen molar-refractivity contribution in [1.29, 1.82) is 0 Å². The van der Waals surface area contributed by atoms with Gasteiger partial charge in [-0.05, 0) is 24.1 Å². The Balaban J connectivity index is 2.36. The molecule has 0 heterocycles. The van der Waals surface area contributed by atoms with Gasteiger partial charge in [-0.3, -0.25) is 0 Å². The normalized spacial score (nSPS) is 28.9. The van der Waals surface area contributed by atoms with Gasteiger partial charge >= 0.3 is 0 Å². The third-order valence-corrected chi connectivity index (χ3v) is 3.63. The first-order valence-electron chi connectivity index (χ1n) is 4.66. The first-order valence-corrected chi connectivity index (χ1v) is 5.45. The molecule has 1 fully saturated rings. The fourth-order valence-electron chi connectivity index (χ4n) is 2.00. The molecule has 14 heavy (non-hydrogen) atoms. The molecule has 0 bridgehead atoms. The molecule has 1 aliphatic rings. The van der Waals surface area contributed by atoms with E-state index in [0.29, 0.717) is 6.42 Å². The molecule has 0 aromatic heterocycles. The fraction of sp³-hybridized carbons (Fsp3) is 0.455. The summed E-state index contributed by atoms with van der Waals surface area (Å²) >= 11 is 3.30. The van der Waals surface area contributed by atoms with Gasteiger partial charge in [0.1, 0.15) is 0 Å². The van der Waals surface area contributed by atoms with Crippen LogP contribution in [-0.4, -0.2) is 5.92 Å². The molecule has 1 unspecified atom stereocenters. The average Bonchev–Trinajstić information content (AvgIpc) is 2.71. The lowest BCUT2D eigenvalue weighted by Gasteiger charge is -2.14. The van der Waals surface area contributed by atoms with Crippen molar-refractivity contribution in [3.05, 3.63) is 34.3 Å². The van der Waals surface area contributed by atoms with Gasteiger partial charge in [-0.1, -0.05) is 35.0 Å². The fourth-order valence-corrected chi connectivity index (χ4v) is 2.27. The van der Waals surface area contributed by atoms with E-state index in [1.807, 2.05) is 19.1 Å². The van der Waals surface area contributed by atoms with Crippen molar-refractivity contribution in [3.8, 4) is 0 Å². The van der Waals surface area contributed by atoms with E-state index in [4.69, 9.17) is 0 Å². The van der Waals surface area contributed by atoms with Crippen LogP contribution in [0.15, 0.2) is 28.7 Å². The largest absolute Gasteiger partial charge is 0.258 e. The van der Waals surface area contributed by atoms with Gasteiger partial charge in [0, 0.05) is 10.9 Å². The van der Waals surface area contributed by atoms with Crippen molar-refractivity contribution >= 4 is 15.9 Å². The van der Waals surface area contributed by atoms with Crippen LogP contribution in [0, 0.1) is 0 Å². The van der Waals surface area contributed by atoms with Crippen LogP contribution < -0.4 is 0 Å². The summed E-state index contributed by atoms with van der Waals surface area (Å²) in [5, 5.41) is 0. The number of benzene rings is 1. The molecule has 1 aromatic rings. The summed E-state index contributed by atoms with van der Waals surface area (Å²) in [6.07, 6.45) is 0.500. The van der Waals surface area contributed by atoms with E-state index in [1.165, 1.54) is 0 Å². The Morgan fingerprint density at radius 3 is 2.14 bits per heavy atom. The van der Waals surface area contributed by atoms with Crippen molar-refractivity contribution in [1.82, 2.24) is 0 Å². The standard InChI is InChI=1S/C11H11BrF2/c1-2-10(7-11(10,13)14)8-3-5-9(12)6-4-8/h3-6H,2,7H2,1H3. The minimum atomic E-state index is -2.50. The molecule has 1 saturated carbocycles. The molecule has 0 amide bonds. The first kappa shape index (κ1) is 10.1. The molecule has 1 aliphatic carbocycles. The van der Waals surface area contributed by atoms with Crippen LogP contribution in [0.3, 0.4) is 0 Å². The number of halogens is 3. The highest BCUT2D eigenvalue weighted by atomic mass is 79.9. The van der Waals surface area contributed by atoms with Crippen LogP contribution in [0.5, 0.6) is 0 Å². The van der Waals surface area contributed by atoms with Crippen LogP contribution in [0.1, 0.15) is 25.3 Å². The van der Waals surface area contributed by atoms with E-state index < -0.39 is 11.3 Å². The van der Waals surface area contributed by atoms with E-state index in [-0.39, 0.29) is 6.42 Å². The molecule has 0 nitrogen and oxygen atoms in total. The van der Waals surface area contributed by atoms with Crippen molar-refractivity contribution in [2.45, 2.75) is 31.1 Å². The summed E-state index contributed by atoms with van der Waals surface area (Å²) < 4.78 is 27.4. The second-order valence-electron chi connectivity index (χ2n) is 3.82. The van der Waals surface area contributed by atoms with E-state index >= 15 is 0 Å². The maximum atomic E-state index is 13.2. The zero-order valence-corrected chi connectivity index (χ0v) is 9.44. The maximum absolute atomic E-state index is 13.2. The second-order valence-corrected chi connectivity index (χ2v) is 4.74. The van der Waals surface area contributed by atoms with Crippen molar-refractivity contribution in [2.24, 2.45) is 0 Å². The van der Waals surface area contributed by atoms with Gasteiger partial charge in [-0.15, -0.1) is 0 Å². The van der Waals surface area contributed by atoms with Gasteiger partial charge in [0.25, 0.3) is 5.92 Å². The monoisotopic (exact) mass is 260 g/mol. The topological polar surface area (TPSA) is 0 Å². The molecule has 2 rings (SSSR count). The van der Waals surface area contributed by atoms with Crippen LogP contribution >= 0.6 is 15.9 Å². The molecule has 1 aromatic carbocycles. The summed E-state index contributed by atoms with van der Waals surface area (Å²) in [7, 11) is 0. The Bertz CT molecular complexity index is 345. The number of hydrogen-bond donors (Lipinski definition) is 0. The second kappa shape index (κ2) is 3.02. The van der Waals surface area contributed by atoms with Crippen LogP contribution in [0.25, 0.3) is 0 Å². The van der Waals surface area contributed by atoms with Gasteiger partial charge in [0.15, 0.2) is 0 Å². The van der Waals surface area contributed by atoms with E-state index in [2.05, 4.69) is 15.9 Å². The Morgan fingerprint density at radius 1 is 1.29 bits per heavy atom. The van der Waals surface area contributed by atoms with Crippen molar-refractivity contribution < 1.29 is 8.78 Å². The predicted octanol–water partition coefficient (Wildman–Crippen LogP) is 4.14. The molecular formula is C11H11BrF2. The van der Waals surface area contributed by atoms with E-state index in [1.54, 1.807) is 12.1 Å². The van der Waals surface area contributed by atoms with Crippen LogP contribution in [-0.2, 0) is 5.41 Å². The highest BCUT2D eigenvalue weighted by Crippen LogP contribution is 2.63.